The smallest absolute Gasteiger partial charge is 0.269 e. The Hall–Kier alpha value is -3.04. The van der Waals surface area contributed by atoms with Crippen LogP contribution < -0.4 is 20.3 Å². The van der Waals surface area contributed by atoms with Gasteiger partial charge < -0.3 is 9.47 Å². The molecule has 0 unspecified atom stereocenters. The molecule has 2 N–H and O–H groups in total. The molecule has 1 aliphatic rings. The van der Waals surface area contributed by atoms with Gasteiger partial charge >= 0.3 is 0 Å². The number of carbonyl (C=O) groups is 1. The Labute approximate surface area is 170 Å². The first-order chi connectivity index (χ1) is 13.9. The molecule has 3 rings (SSSR count). The fourth-order valence-corrected chi connectivity index (χ4v) is 4.38. The number of carbonyl (C=O) groups excluding carboxylic acids is 1. The fraction of sp³-hybridized carbons (Fsp3) is 0.250. The predicted octanol–water partition coefficient (Wildman–Crippen LogP) is 2.35. The number of fused-ring (bicyclic) bond motifs is 1. The number of nitrogens with zero attached hydrogens (tertiary/aromatic N) is 1. The molecule has 0 atom stereocenters. The number of nitrogens with one attached hydrogen (secondary N) is 2. The molecule has 2 aromatic rings. The summed E-state index contributed by atoms with van der Waals surface area (Å²) in [5.74, 6) is 0.770. The molecule has 0 saturated heterocycles. The summed E-state index contributed by atoms with van der Waals surface area (Å²) in [5.41, 5.74) is 6.65. The van der Waals surface area contributed by atoms with Crippen molar-refractivity contribution in [1.29, 1.82) is 0 Å². The van der Waals surface area contributed by atoms with E-state index in [-0.39, 0.29) is 17.3 Å². The third-order valence-corrected chi connectivity index (χ3v) is 6.53. The van der Waals surface area contributed by atoms with Crippen LogP contribution in [0.5, 0.6) is 11.5 Å². The minimum atomic E-state index is -3.65. The first-order valence-corrected chi connectivity index (χ1v) is 10.6. The summed E-state index contributed by atoms with van der Waals surface area (Å²) in [7, 11) is -3.65. The van der Waals surface area contributed by atoms with Gasteiger partial charge in [-0.15, -0.1) is 0 Å². The predicted molar refractivity (Wildman–Crippen MR) is 109 cm³/mol. The number of benzene rings is 2. The summed E-state index contributed by atoms with van der Waals surface area (Å²) in [6, 6.07) is 11.2. The minimum absolute atomic E-state index is 0.0726. The van der Waals surface area contributed by atoms with Crippen LogP contribution in [0.1, 0.15) is 29.8 Å². The molecular formula is C20H23N3O5S. The molecule has 0 fully saturated rings. The van der Waals surface area contributed by atoms with Crippen molar-refractivity contribution in [2.24, 2.45) is 0 Å². The van der Waals surface area contributed by atoms with E-state index in [0.717, 1.165) is 0 Å². The summed E-state index contributed by atoms with van der Waals surface area (Å²) < 4.78 is 37.2. The first kappa shape index (κ1) is 20.7. The average molecular weight is 417 g/mol. The topological polar surface area (TPSA) is 97.0 Å². The Balaban J connectivity index is 1.69. The van der Waals surface area contributed by atoms with Crippen molar-refractivity contribution in [2.75, 3.05) is 19.9 Å². The number of rotatable bonds is 8. The highest BCUT2D eigenvalue weighted by Gasteiger charge is 2.22. The van der Waals surface area contributed by atoms with Crippen molar-refractivity contribution in [1.82, 2.24) is 15.2 Å². The second-order valence-electron chi connectivity index (χ2n) is 6.24. The number of amides is 1. The molecule has 2 aromatic carbocycles. The van der Waals surface area contributed by atoms with Gasteiger partial charge in [-0.1, -0.05) is 26.5 Å². The van der Waals surface area contributed by atoms with Crippen molar-refractivity contribution in [3.63, 3.8) is 0 Å². The van der Waals surface area contributed by atoms with Crippen LogP contribution in [0.4, 0.5) is 0 Å². The molecular weight excluding hydrogens is 394 g/mol. The van der Waals surface area contributed by atoms with Gasteiger partial charge in [0.1, 0.15) is 0 Å². The molecule has 154 valence electrons. The van der Waals surface area contributed by atoms with Crippen molar-refractivity contribution >= 4 is 21.6 Å². The molecule has 8 nitrogen and oxygen atoms in total. The van der Waals surface area contributed by atoms with Crippen molar-refractivity contribution < 1.29 is 22.7 Å². The van der Waals surface area contributed by atoms with E-state index in [1.54, 1.807) is 38.1 Å². The third-order valence-electron chi connectivity index (χ3n) is 4.49. The SMILES string of the molecule is C=C(NNC(=O)c1cccc(S(=O)(=O)N(CC)CC)c1)c1ccc2c(c1)OCO2. The Morgan fingerprint density at radius 1 is 1.03 bits per heavy atom. The van der Waals surface area contributed by atoms with Crippen molar-refractivity contribution in [2.45, 2.75) is 18.7 Å². The largest absolute Gasteiger partial charge is 0.454 e. The minimum Gasteiger partial charge on any atom is -0.454 e. The van der Waals surface area contributed by atoms with Crippen LogP contribution in [-0.2, 0) is 10.0 Å². The molecule has 29 heavy (non-hydrogen) atoms. The highest BCUT2D eigenvalue weighted by molar-refractivity contribution is 7.89. The fourth-order valence-electron chi connectivity index (χ4n) is 2.87. The standard InChI is InChI=1S/C20H23N3O5S/c1-4-23(5-2)29(25,26)17-8-6-7-16(11-17)20(24)22-21-14(3)15-9-10-18-19(12-15)28-13-27-18/h6-12,21H,3-5,13H2,1-2H3,(H,22,24). The zero-order chi connectivity index (χ0) is 21.0. The summed E-state index contributed by atoms with van der Waals surface area (Å²) in [6.45, 7) is 8.30. The Morgan fingerprint density at radius 2 is 1.76 bits per heavy atom. The van der Waals surface area contributed by atoms with Gasteiger partial charge in [-0.2, -0.15) is 4.31 Å². The van der Waals surface area contributed by atoms with E-state index >= 15 is 0 Å². The highest BCUT2D eigenvalue weighted by atomic mass is 32.2. The summed E-state index contributed by atoms with van der Waals surface area (Å²) in [5, 5.41) is 0. The van der Waals surface area contributed by atoms with Gasteiger partial charge in [0.25, 0.3) is 5.91 Å². The van der Waals surface area contributed by atoms with Gasteiger partial charge in [0.2, 0.25) is 16.8 Å². The quantitative estimate of drug-likeness (QED) is 0.640. The number of hydrogen-bond acceptors (Lipinski definition) is 6. The molecule has 0 spiro atoms. The zero-order valence-electron chi connectivity index (χ0n) is 16.3. The zero-order valence-corrected chi connectivity index (χ0v) is 17.1. The number of hydrogen-bond donors (Lipinski definition) is 2. The number of sulfonamides is 1. The molecule has 0 aliphatic carbocycles. The van der Waals surface area contributed by atoms with Crippen molar-refractivity contribution in [3.8, 4) is 11.5 Å². The van der Waals surface area contributed by atoms with Gasteiger partial charge in [-0.05, 0) is 36.4 Å². The molecule has 0 aromatic heterocycles. The highest BCUT2D eigenvalue weighted by Crippen LogP contribution is 2.33. The van der Waals surface area contributed by atoms with Crippen LogP contribution in [0.2, 0.25) is 0 Å². The van der Waals surface area contributed by atoms with Crippen LogP contribution in [0.15, 0.2) is 53.9 Å². The number of ether oxygens (including phenoxy) is 2. The maximum Gasteiger partial charge on any atom is 0.269 e. The van der Waals surface area contributed by atoms with E-state index in [1.807, 2.05) is 0 Å². The van der Waals surface area contributed by atoms with Gasteiger partial charge in [0, 0.05) is 24.2 Å². The molecule has 1 aliphatic heterocycles. The van der Waals surface area contributed by atoms with Gasteiger partial charge in [-0.25, -0.2) is 8.42 Å². The molecule has 0 radical (unpaired) electrons. The Bertz CT molecular complexity index is 1030. The maximum atomic E-state index is 12.7. The van der Waals surface area contributed by atoms with Crippen LogP contribution in [0.3, 0.4) is 0 Å². The molecule has 1 amide bonds. The van der Waals surface area contributed by atoms with Crippen LogP contribution in [0, 0.1) is 0 Å². The van der Waals surface area contributed by atoms with Crippen LogP contribution >= 0.6 is 0 Å². The Kier molecular flexibility index (Phi) is 6.09. The van der Waals surface area contributed by atoms with Gasteiger partial charge in [0.15, 0.2) is 11.5 Å². The monoisotopic (exact) mass is 417 g/mol. The lowest BCUT2D eigenvalue weighted by Gasteiger charge is -2.18. The molecule has 0 saturated carbocycles. The maximum absolute atomic E-state index is 12.7. The van der Waals surface area contributed by atoms with Crippen molar-refractivity contribution in [3.05, 3.63) is 60.2 Å². The summed E-state index contributed by atoms with van der Waals surface area (Å²) >= 11 is 0. The lowest BCUT2D eigenvalue weighted by molar-refractivity contribution is 0.0942. The van der Waals surface area contributed by atoms with E-state index in [9.17, 15) is 13.2 Å². The van der Waals surface area contributed by atoms with E-state index in [4.69, 9.17) is 9.47 Å². The number of hydrazine groups is 1. The second kappa shape index (κ2) is 8.54. The van der Waals surface area contributed by atoms with E-state index in [0.29, 0.717) is 35.8 Å². The summed E-state index contributed by atoms with van der Waals surface area (Å²) in [4.78, 5) is 12.6. The van der Waals surface area contributed by atoms with Crippen LogP contribution in [-0.4, -0.2) is 38.5 Å². The van der Waals surface area contributed by atoms with E-state index < -0.39 is 15.9 Å². The third kappa shape index (κ3) is 4.36. The van der Waals surface area contributed by atoms with E-state index in [2.05, 4.69) is 17.4 Å². The molecule has 9 heteroatoms. The lowest BCUT2D eigenvalue weighted by atomic mass is 10.1. The average Bonchev–Trinajstić information content (AvgIpc) is 3.20. The Morgan fingerprint density at radius 3 is 2.48 bits per heavy atom. The van der Waals surface area contributed by atoms with Crippen LogP contribution in [0.25, 0.3) is 5.70 Å². The second-order valence-corrected chi connectivity index (χ2v) is 8.18. The van der Waals surface area contributed by atoms with Gasteiger partial charge in [-0.3, -0.25) is 15.6 Å². The molecule has 1 heterocycles. The van der Waals surface area contributed by atoms with Gasteiger partial charge in [0.05, 0.1) is 10.6 Å². The normalized spacial score (nSPS) is 12.7. The lowest BCUT2D eigenvalue weighted by Crippen LogP contribution is -2.36. The molecule has 0 bridgehead atoms. The first-order valence-electron chi connectivity index (χ1n) is 9.12. The van der Waals surface area contributed by atoms with E-state index in [1.165, 1.54) is 22.5 Å². The summed E-state index contributed by atoms with van der Waals surface area (Å²) in [6.07, 6.45) is 0.